The van der Waals surface area contributed by atoms with Gasteiger partial charge in [0.15, 0.2) is 11.0 Å². The summed E-state index contributed by atoms with van der Waals surface area (Å²) in [5, 5.41) is 31.8. The molecule has 0 radical (unpaired) electrons. The molecule has 0 fully saturated rings. The fraction of sp³-hybridized carbons (Fsp3) is 0.176. The summed E-state index contributed by atoms with van der Waals surface area (Å²) in [5.41, 5.74) is 1.75. The molecule has 0 saturated carbocycles. The van der Waals surface area contributed by atoms with Crippen LogP contribution in [0.3, 0.4) is 0 Å². The van der Waals surface area contributed by atoms with Crippen molar-refractivity contribution >= 4 is 23.5 Å². The van der Waals surface area contributed by atoms with Gasteiger partial charge in [-0.2, -0.15) is 4.68 Å². The summed E-state index contributed by atoms with van der Waals surface area (Å²) < 4.78 is 3.84. The van der Waals surface area contributed by atoms with Crippen LogP contribution in [0.15, 0.2) is 59.1 Å². The Morgan fingerprint density at radius 3 is 2.86 bits per heavy atom. The highest BCUT2D eigenvalue weighted by atomic mass is 32.2. The largest absolute Gasteiger partial charge is 0.508 e. The number of hydrogen-bond donors (Lipinski definition) is 1. The van der Waals surface area contributed by atoms with Crippen LogP contribution in [0.4, 0.5) is 0 Å². The summed E-state index contributed by atoms with van der Waals surface area (Å²) in [5.74, 6) is 2.74. The molecular formula is C17H14N8OS2. The van der Waals surface area contributed by atoms with Crippen molar-refractivity contribution < 1.29 is 5.11 Å². The van der Waals surface area contributed by atoms with Gasteiger partial charge in [0.25, 0.3) is 0 Å². The molecule has 1 aliphatic heterocycles. The lowest BCUT2D eigenvalue weighted by atomic mass is 10.2. The Labute approximate surface area is 168 Å². The summed E-state index contributed by atoms with van der Waals surface area (Å²) in [6.07, 6.45) is 3.55. The second-order valence-electron chi connectivity index (χ2n) is 6.08. The van der Waals surface area contributed by atoms with E-state index in [2.05, 4.69) is 35.3 Å². The first-order valence-corrected chi connectivity index (χ1v) is 10.5. The maximum Gasteiger partial charge on any atom is 0.214 e. The van der Waals surface area contributed by atoms with E-state index in [1.807, 2.05) is 12.1 Å². The van der Waals surface area contributed by atoms with Gasteiger partial charge >= 0.3 is 0 Å². The summed E-state index contributed by atoms with van der Waals surface area (Å²) >= 11 is 3.28. The predicted octanol–water partition coefficient (Wildman–Crippen LogP) is 2.46. The lowest BCUT2D eigenvalue weighted by molar-refractivity contribution is 0.475. The maximum absolute atomic E-state index is 9.48. The molecule has 140 valence electrons. The van der Waals surface area contributed by atoms with Gasteiger partial charge in [0.2, 0.25) is 5.16 Å². The zero-order valence-electron chi connectivity index (χ0n) is 14.5. The molecule has 11 heteroatoms. The highest BCUT2D eigenvalue weighted by Gasteiger charge is 2.29. The van der Waals surface area contributed by atoms with Gasteiger partial charge in [0.1, 0.15) is 5.75 Å². The van der Waals surface area contributed by atoms with Gasteiger partial charge in [0.05, 0.1) is 11.7 Å². The van der Waals surface area contributed by atoms with Crippen LogP contribution in [0, 0.1) is 0 Å². The van der Waals surface area contributed by atoms with E-state index < -0.39 is 0 Å². The zero-order valence-corrected chi connectivity index (χ0v) is 16.1. The van der Waals surface area contributed by atoms with E-state index in [1.165, 1.54) is 0 Å². The third-order valence-corrected chi connectivity index (χ3v) is 6.45. The average molecular weight is 410 g/mol. The molecule has 1 aliphatic rings. The van der Waals surface area contributed by atoms with Gasteiger partial charge in [-0.3, -0.25) is 9.55 Å². The topological polar surface area (TPSA) is 107 Å². The number of phenolic OH excluding ortho intramolecular Hbond substituents is 1. The van der Waals surface area contributed by atoms with Crippen LogP contribution in [0.1, 0.15) is 6.04 Å². The van der Waals surface area contributed by atoms with Gasteiger partial charge < -0.3 is 5.11 Å². The minimum absolute atomic E-state index is 0.206. The van der Waals surface area contributed by atoms with E-state index in [-0.39, 0.29) is 11.8 Å². The molecular weight excluding hydrogens is 396 g/mol. The predicted molar refractivity (Wildman–Crippen MR) is 105 cm³/mol. The van der Waals surface area contributed by atoms with Gasteiger partial charge in [0, 0.05) is 29.5 Å². The quantitative estimate of drug-likeness (QED) is 0.496. The molecule has 1 aromatic carbocycles. The Bertz CT molecular complexity index is 1100. The van der Waals surface area contributed by atoms with Crippen molar-refractivity contribution in [3.8, 4) is 22.8 Å². The molecule has 1 unspecified atom stereocenters. The number of tetrazole rings is 1. The fourth-order valence-corrected chi connectivity index (χ4v) is 5.16. The summed E-state index contributed by atoms with van der Waals surface area (Å²) in [7, 11) is 0. The van der Waals surface area contributed by atoms with Crippen molar-refractivity contribution in [3.05, 3.63) is 48.8 Å². The number of pyridine rings is 1. The SMILES string of the molecule is Oc1ccc(-n2nnnc2SCC2CSc3nnc(-c4cccnc4)n32)cc1. The number of rotatable bonds is 5. The van der Waals surface area contributed by atoms with Gasteiger partial charge in [-0.15, -0.1) is 15.3 Å². The van der Waals surface area contributed by atoms with Crippen LogP contribution in [-0.2, 0) is 0 Å². The smallest absolute Gasteiger partial charge is 0.214 e. The molecule has 0 spiro atoms. The Morgan fingerprint density at radius 2 is 2.04 bits per heavy atom. The van der Waals surface area contributed by atoms with Crippen LogP contribution >= 0.6 is 23.5 Å². The second kappa shape index (κ2) is 7.24. The first-order valence-electron chi connectivity index (χ1n) is 8.48. The fourth-order valence-electron chi connectivity index (χ4n) is 2.96. The standard InChI is InChI=1S/C17H14N8OS2/c26-14-5-3-12(4-6-14)25-17(21-22-23-25)28-10-13-9-27-16-20-19-15(24(13)16)11-2-1-7-18-8-11/h1-8,13,26H,9-10H2. The third-order valence-electron chi connectivity index (χ3n) is 4.29. The van der Waals surface area contributed by atoms with Crippen LogP contribution < -0.4 is 0 Å². The minimum atomic E-state index is 0.206. The molecule has 4 heterocycles. The molecule has 0 bridgehead atoms. The van der Waals surface area contributed by atoms with Crippen LogP contribution in [0.25, 0.3) is 17.1 Å². The number of nitrogens with zero attached hydrogens (tertiary/aromatic N) is 8. The monoisotopic (exact) mass is 410 g/mol. The van der Waals surface area contributed by atoms with E-state index in [0.29, 0.717) is 5.16 Å². The number of phenols is 1. The molecule has 4 aromatic rings. The van der Waals surface area contributed by atoms with E-state index in [9.17, 15) is 5.11 Å². The lowest BCUT2D eigenvalue weighted by Gasteiger charge is -2.13. The van der Waals surface area contributed by atoms with Crippen molar-refractivity contribution in [2.45, 2.75) is 16.4 Å². The van der Waals surface area contributed by atoms with Crippen molar-refractivity contribution in [1.29, 1.82) is 0 Å². The number of thioether (sulfide) groups is 2. The number of aromatic nitrogens is 8. The highest BCUT2D eigenvalue weighted by molar-refractivity contribution is 8.00. The van der Waals surface area contributed by atoms with Crippen LogP contribution in [0.5, 0.6) is 5.75 Å². The highest BCUT2D eigenvalue weighted by Crippen LogP contribution is 2.38. The second-order valence-corrected chi connectivity index (χ2v) is 8.06. The molecule has 9 nitrogen and oxygen atoms in total. The number of aromatic hydroxyl groups is 1. The van der Waals surface area contributed by atoms with Gasteiger partial charge in [-0.05, 0) is 46.8 Å². The molecule has 0 aliphatic carbocycles. The van der Waals surface area contributed by atoms with Crippen LogP contribution in [-0.4, -0.2) is 56.6 Å². The number of fused-ring (bicyclic) bond motifs is 1. The van der Waals surface area contributed by atoms with Crippen LogP contribution in [0.2, 0.25) is 0 Å². The molecule has 28 heavy (non-hydrogen) atoms. The molecule has 1 N–H and O–H groups in total. The Balaban J connectivity index is 1.37. The average Bonchev–Trinajstić information content (AvgIpc) is 3.44. The van der Waals surface area contributed by atoms with Crippen molar-refractivity contribution in [1.82, 2.24) is 40.0 Å². The normalized spacial score (nSPS) is 15.6. The molecule has 0 saturated heterocycles. The van der Waals surface area contributed by atoms with Crippen molar-refractivity contribution in [2.24, 2.45) is 0 Å². The number of benzene rings is 1. The van der Waals surface area contributed by atoms with Crippen molar-refractivity contribution in [3.63, 3.8) is 0 Å². The Hall–Kier alpha value is -2.92. The van der Waals surface area contributed by atoms with Crippen molar-refractivity contribution in [2.75, 3.05) is 11.5 Å². The molecule has 5 rings (SSSR count). The van der Waals surface area contributed by atoms with Gasteiger partial charge in [-0.1, -0.05) is 23.5 Å². The summed E-state index contributed by atoms with van der Waals surface area (Å²) in [4.78, 5) is 4.19. The molecule has 1 atom stereocenters. The molecule has 0 amide bonds. The van der Waals surface area contributed by atoms with E-state index in [0.717, 1.165) is 33.7 Å². The minimum Gasteiger partial charge on any atom is -0.508 e. The first kappa shape index (κ1) is 17.2. The van der Waals surface area contributed by atoms with Gasteiger partial charge in [-0.25, -0.2) is 0 Å². The Morgan fingerprint density at radius 1 is 1.14 bits per heavy atom. The maximum atomic E-state index is 9.48. The molecule has 3 aromatic heterocycles. The van der Waals surface area contributed by atoms with E-state index in [4.69, 9.17) is 0 Å². The third kappa shape index (κ3) is 3.12. The van der Waals surface area contributed by atoms with E-state index in [1.54, 1.807) is 64.9 Å². The lowest BCUT2D eigenvalue weighted by Crippen LogP contribution is -2.12. The first-order chi connectivity index (χ1) is 13.8. The Kier molecular flexibility index (Phi) is 4.45. The number of hydrogen-bond acceptors (Lipinski definition) is 9. The summed E-state index contributed by atoms with van der Waals surface area (Å²) in [6, 6.07) is 10.9. The van der Waals surface area contributed by atoms with E-state index >= 15 is 0 Å². The zero-order chi connectivity index (χ0) is 18.9. The summed E-state index contributed by atoms with van der Waals surface area (Å²) in [6.45, 7) is 0.